The van der Waals surface area contributed by atoms with Gasteiger partial charge in [0.15, 0.2) is 0 Å². The van der Waals surface area contributed by atoms with Crippen LogP contribution in [0.5, 0.6) is 0 Å². The number of nitrogens with zero attached hydrogens (tertiary/aromatic N) is 1. The molecule has 2 unspecified atom stereocenters. The van der Waals surface area contributed by atoms with E-state index in [4.69, 9.17) is 5.11 Å². The third kappa shape index (κ3) is 3.35. The smallest absolute Gasteiger partial charge is 0.242 e. The van der Waals surface area contributed by atoms with Gasteiger partial charge in [0, 0.05) is 20.2 Å². The first-order valence-electron chi connectivity index (χ1n) is 6.61. The average Bonchev–Trinajstić information content (AvgIpc) is 3.06. The summed E-state index contributed by atoms with van der Waals surface area (Å²) in [6.07, 6.45) is 1.67. The number of hydrogen-bond donors (Lipinski definition) is 1. The van der Waals surface area contributed by atoms with Crippen molar-refractivity contribution in [2.75, 3.05) is 20.2 Å². The van der Waals surface area contributed by atoms with Gasteiger partial charge in [0.05, 0.1) is 4.90 Å². The Labute approximate surface area is 115 Å². The van der Waals surface area contributed by atoms with Gasteiger partial charge in [-0.25, -0.2) is 12.7 Å². The van der Waals surface area contributed by atoms with Crippen LogP contribution in [0.25, 0.3) is 0 Å². The Kier molecular flexibility index (Phi) is 4.28. The van der Waals surface area contributed by atoms with E-state index in [0.717, 1.165) is 12.0 Å². The summed E-state index contributed by atoms with van der Waals surface area (Å²) in [7, 11) is -1.74. The van der Waals surface area contributed by atoms with Crippen LogP contribution < -0.4 is 0 Å². The maximum Gasteiger partial charge on any atom is 0.242 e. The van der Waals surface area contributed by atoms with Crippen molar-refractivity contribution in [2.24, 2.45) is 11.8 Å². The van der Waals surface area contributed by atoms with Gasteiger partial charge in [-0.05, 0) is 42.4 Å². The first-order valence-corrected chi connectivity index (χ1v) is 8.05. The highest BCUT2D eigenvalue weighted by atomic mass is 32.2. The molecule has 0 aliphatic heterocycles. The molecule has 1 saturated carbocycles. The molecular weight excluding hydrogens is 262 g/mol. The fourth-order valence-corrected chi connectivity index (χ4v) is 3.45. The molecule has 0 spiro atoms. The van der Waals surface area contributed by atoms with Gasteiger partial charge >= 0.3 is 0 Å². The molecule has 1 fully saturated rings. The largest absolute Gasteiger partial charge is 0.396 e. The summed E-state index contributed by atoms with van der Waals surface area (Å²) in [5.74, 6) is 1.15. The average molecular weight is 283 g/mol. The molecule has 1 aromatic carbocycles. The Morgan fingerprint density at radius 2 is 1.89 bits per heavy atom. The second kappa shape index (κ2) is 5.61. The van der Waals surface area contributed by atoms with Crippen molar-refractivity contribution in [1.29, 1.82) is 0 Å². The number of benzene rings is 1. The summed E-state index contributed by atoms with van der Waals surface area (Å²) in [5.41, 5.74) is 0.944. The Bertz CT molecular complexity index is 524. The highest BCUT2D eigenvalue weighted by molar-refractivity contribution is 7.89. The van der Waals surface area contributed by atoms with Crippen molar-refractivity contribution in [3.05, 3.63) is 29.8 Å². The van der Waals surface area contributed by atoms with Gasteiger partial charge < -0.3 is 5.11 Å². The third-order valence-electron chi connectivity index (χ3n) is 3.80. The maximum absolute atomic E-state index is 12.3. The Morgan fingerprint density at radius 3 is 2.37 bits per heavy atom. The van der Waals surface area contributed by atoms with E-state index in [1.54, 1.807) is 31.3 Å². The van der Waals surface area contributed by atoms with Crippen molar-refractivity contribution in [2.45, 2.75) is 24.7 Å². The molecule has 19 heavy (non-hydrogen) atoms. The zero-order valence-corrected chi connectivity index (χ0v) is 12.2. The normalized spacial score (nSPS) is 22.7. The molecule has 0 aromatic heterocycles. The van der Waals surface area contributed by atoms with Crippen molar-refractivity contribution < 1.29 is 13.5 Å². The standard InChI is InChI=1S/C14H21NO3S/c1-11-9-13(11)10-15(2)19(17,18)14-5-3-12(4-6-14)7-8-16/h3-6,11,13,16H,7-10H2,1-2H3. The molecule has 1 aromatic rings. The molecule has 2 atom stereocenters. The third-order valence-corrected chi connectivity index (χ3v) is 5.64. The number of aliphatic hydroxyl groups excluding tert-OH is 1. The second-order valence-electron chi connectivity index (χ2n) is 5.38. The molecule has 106 valence electrons. The molecule has 1 N–H and O–H groups in total. The Morgan fingerprint density at radius 1 is 1.32 bits per heavy atom. The molecule has 0 heterocycles. The van der Waals surface area contributed by atoms with Crippen molar-refractivity contribution in [1.82, 2.24) is 4.31 Å². The van der Waals surface area contributed by atoms with E-state index in [-0.39, 0.29) is 6.61 Å². The predicted molar refractivity (Wildman–Crippen MR) is 74.3 cm³/mol. The van der Waals surface area contributed by atoms with Crippen LogP contribution in [0.15, 0.2) is 29.2 Å². The Balaban J connectivity index is 2.09. The summed E-state index contributed by atoms with van der Waals surface area (Å²) in [6, 6.07) is 6.76. The molecule has 0 bridgehead atoms. The first kappa shape index (κ1) is 14.5. The fourth-order valence-electron chi connectivity index (χ4n) is 2.22. The molecule has 0 saturated heterocycles. The first-order chi connectivity index (χ1) is 8.95. The summed E-state index contributed by atoms with van der Waals surface area (Å²) >= 11 is 0. The monoisotopic (exact) mass is 283 g/mol. The van der Waals surface area contributed by atoms with Crippen LogP contribution in [0, 0.1) is 11.8 Å². The van der Waals surface area contributed by atoms with E-state index < -0.39 is 10.0 Å². The molecule has 1 aliphatic carbocycles. The highest BCUT2D eigenvalue weighted by Crippen LogP contribution is 2.38. The van der Waals surface area contributed by atoms with Crippen molar-refractivity contribution in [3.8, 4) is 0 Å². The van der Waals surface area contributed by atoms with Gasteiger partial charge in [-0.1, -0.05) is 19.1 Å². The van der Waals surface area contributed by atoms with Crippen LogP contribution in [-0.4, -0.2) is 38.0 Å². The van der Waals surface area contributed by atoms with Gasteiger partial charge in [-0.15, -0.1) is 0 Å². The second-order valence-corrected chi connectivity index (χ2v) is 7.42. The van der Waals surface area contributed by atoms with Gasteiger partial charge in [0.1, 0.15) is 0 Å². The fraction of sp³-hybridized carbons (Fsp3) is 0.571. The van der Waals surface area contributed by atoms with E-state index in [1.807, 2.05) is 0 Å². The minimum absolute atomic E-state index is 0.0750. The van der Waals surface area contributed by atoms with Gasteiger partial charge in [0.2, 0.25) is 10.0 Å². The van der Waals surface area contributed by atoms with E-state index in [0.29, 0.717) is 29.7 Å². The predicted octanol–water partition coefficient (Wildman–Crippen LogP) is 1.50. The number of hydrogen-bond acceptors (Lipinski definition) is 3. The molecule has 0 radical (unpaired) electrons. The number of rotatable bonds is 6. The molecular formula is C14H21NO3S. The summed E-state index contributed by atoms with van der Waals surface area (Å²) < 4.78 is 26.1. The van der Waals surface area contributed by atoms with Crippen LogP contribution in [0.3, 0.4) is 0 Å². The van der Waals surface area contributed by atoms with Crippen LogP contribution in [0.1, 0.15) is 18.9 Å². The molecule has 4 nitrogen and oxygen atoms in total. The van der Waals surface area contributed by atoms with E-state index >= 15 is 0 Å². The van der Waals surface area contributed by atoms with Crippen LogP contribution in [0.4, 0.5) is 0 Å². The lowest BCUT2D eigenvalue weighted by Crippen LogP contribution is -2.29. The lowest BCUT2D eigenvalue weighted by Gasteiger charge is -2.17. The molecule has 1 aliphatic rings. The molecule has 5 heteroatoms. The van der Waals surface area contributed by atoms with Crippen LogP contribution >= 0.6 is 0 Å². The summed E-state index contributed by atoms with van der Waals surface area (Å²) in [4.78, 5) is 0.324. The molecule has 2 rings (SSSR count). The quantitative estimate of drug-likeness (QED) is 0.860. The minimum Gasteiger partial charge on any atom is -0.396 e. The van der Waals surface area contributed by atoms with Gasteiger partial charge in [0.25, 0.3) is 0 Å². The Hall–Kier alpha value is -0.910. The van der Waals surface area contributed by atoms with Crippen LogP contribution in [-0.2, 0) is 16.4 Å². The van der Waals surface area contributed by atoms with E-state index in [2.05, 4.69) is 6.92 Å². The van der Waals surface area contributed by atoms with Crippen LogP contribution in [0.2, 0.25) is 0 Å². The number of sulfonamides is 1. The minimum atomic E-state index is -3.38. The van der Waals surface area contributed by atoms with Gasteiger partial charge in [-0.2, -0.15) is 0 Å². The zero-order valence-electron chi connectivity index (χ0n) is 11.4. The summed E-state index contributed by atoms with van der Waals surface area (Å²) in [5, 5.41) is 8.84. The molecule has 0 amide bonds. The zero-order chi connectivity index (χ0) is 14.0. The summed E-state index contributed by atoms with van der Waals surface area (Å²) in [6.45, 7) is 2.82. The van der Waals surface area contributed by atoms with Crippen molar-refractivity contribution >= 4 is 10.0 Å². The topological polar surface area (TPSA) is 57.6 Å². The lowest BCUT2D eigenvalue weighted by molar-refractivity contribution is 0.299. The van der Waals surface area contributed by atoms with Gasteiger partial charge in [-0.3, -0.25) is 0 Å². The number of aliphatic hydroxyl groups is 1. The van der Waals surface area contributed by atoms with E-state index in [1.165, 1.54) is 4.31 Å². The lowest BCUT2D eigenvalue weighted by atomic mass is 10.2. The van der Waals surface area contributed by atoms with Crippen molar-refractivity contribution in [3.63, 3.8) is 0 Å². The SMILES string of the molecule is CC1CC1CN(C)S(=O)(=O)c1ccc(CCO)cc1. The van der Waals surface area contributed by atoms with E-state index in [9.17, 15) is 8.42 Å². The highest BCUT2D eigenvalue weighted by Gasteiger charge is 2.36. The maximum atomic E-state index is 12.3.